The van der Waals surface area contributed by atoms with Crippen molar-refractivity contribution in [3.05, 3.63) is 33.8 Å². The van der Waals surface area contributed by atoms with Gasteiger partial charge in [-0.05, 0) is 30.5 Å². The zero-order valence-corrected chi connectivity index (χ0v) is 12.3. The molecule has 17 heavy (non-hydrogen) atoms. The van der Waals surface area contributed by atoms with Crippen molar-refractivity contribution in [3.63, 3.8) is 0 Å². The van der Waals surface area contributed by atoms with Crippen LogP contribution in [0.3, 0.4) is 0 Å². The van der Waals surface area contributed by atoms with E-state index in [0.717, 1.165) is 24.9 Å². The van der Waals surface area contributed by atoms with E-state index in [0.29, 0.717) is 16.0 Å². The molecule has 3 heteroatoms. The van der Waals surface area contributed by atoms with E-state index in [9.17, 15) is 0 Å². The maximum Gasteiger partial charge on any atom is 0.0640 e. The molecular weight excluding hydrogens is 253 g/mol. The van der Waals surface area contributed by atoms with E-state index in [1.165, 1.54) is 0 Å². The van der Waals surface area contributed by atoms with Gasteiger partial charge in [0.25, 0.3) is 0 Å². The Balaban J connectivity index is 2.99. The topological polar surface area (TPSA) is 12.0 Å². The Kier molecular flexibility index (Phi) is 6.32. The summed E-state index contributed by atoms with van der Waals surface area (Å²) in [5, 5.41) is 4.88. The zero-order valence-electron chi connectivity index (χ0n) is 10.8. The van der Waals surface area contributed by atoms with Gasteiger partial charge in [-0.25, -0.2) is 0 Å². The van der Waals surface area contributed by atoms with Gasteiger partial charge >= 0.3 is 0 Å². The van der Waals surface area contributed by atoms with Crippen LogP contribution in [0.4, 0.5) is 0 Å². The van der Waals surface area contributed by atoms with Crippen LogP contribution in [0.2, 0.25) is 10.0 Å². The van der Waals surface area contributed by atoms with E-state index >= 15 is 0 Å². The minimum Gasteiger partial charge on any atom is -0.310 e. The van der Waals surface area contributed by atoms with Crippen molar-refractivity contribution >= 4 is 23.2 Å². The van der Waals surface area contributed by atoms with E-state index in [2.05, 4.69) is 32.2 Å². The second-order valence-corrected chi connectivity index (χ2v) is 5.25. The fourth-order valence-corrected chi connectivity index (χ4v) is 2.34. The van der Waals surface area contributed by atoms with Gasteiger partial charge in [-0.15, -0.1) is 0 Å². The van der Waals surface area contributed by atoms with Crippen LogP contribution in [0.5, 0.6) is 0 Å². The van der Waals surface area contributed by atoms with Crippen molar-refractivity contribution in [2.45, 2.75) is 39.7 Å². The summed E-state index contributed by atoms with van der Waals surface area (Å²) in [6.07, 6.45) is 2.23. The molecule has 0 aromatic heterocycles. The SMILES string of the molecule is CCCNC(c1cccc(Cl)c1Cl)C(C)CC. The summed E-state index contributed by atoms with van der Waals surface area (Å²) >= 11 is 12.4. The molecule has 0 aliphatic carbocycles. The highest BCUT2D eigenvalue weighted by Gasteiger charge is 2.20. The molecule has 1 aromatic carbocycles. The van der Waals surface area contributed by atoms with Crippen molar-refractivity contribution in [2.24, 2.45) is 5.92 Å². The molecule has 1 nitrogen and oxygen atoms in total. The molecule has 1 rings (SSSR count). The molecule has 1 N–H and O–H groups in total. The van der Waals surface area contributed by atoms with Crippen LogP contribution in [-0.4, -0.2) is 6.54 Å². The van der Waals surface area contributed by atoms with Gasteiger partial charge in [-0.1, -0.05) is 62.5 Å². The number of rotatable bonds is 6. The maximum absolute atomic E-state index is 6.30. The highest BCUT2D eigenvalue weighted by Crippen LogP contribution is 2.34. The fourth-order valence-electron chi connectivity index (χ4n) is 1.91. The molecule has 0 spiro atoms. The third-order valence-electron chi connectivity index (χ3n) is 3.14. The van der Waals surface area contributed by atoms with E-state index < -0.39 is 0 Å². The van der Waals surface area contributed by atoms with Crippen LogP contribution in [0.25, 0.3) is 0 Å². The molecule has 0 saturated heterocycles. The number of hydrogen-bond donors (Lipinski definition) is 1. The lowest BCUT2D eigenvalue weighted by molar-refractivity contribution is 0.377. The fraction of sp³-hybridized carbons (Fsp3) is 0.571. The standard InChI is InChI=1S/C14H21Cl2N/c1-4-9-17-14(10(3)5-2)11-7-6-8-12(15)13(11)16/h6-8,10,14,17H,4-5,9H2,1-3H3. The van der Waals surface area contributed by atoms with E-state index in [-0.39, 0.29) is 6.04 Å². The molecule has 2 unspecified atom stereocenters. The molecule has 0 bridgehead atoms. The summed E-state index contributed by atoms with van der Waals surface area (Å²) in [4.78, 5) is 0. The Bertz CT molecular complexity index is 352. The molecule has 1 aromatic rings. The summed E-state index contributed by atoms with van der Waals surface area (Å²) in [5.41, 5.74) is 1.11. The summed E-state index contributed by atoms with van der Waals surface area (Å²) in [5.74, 6) is 0.539. The van der Waals surface area contributed by atoms with Crippen molar-refractivity contribution in [3.8, 4) is 0 Å². The van der Waals surface area contributed by atoms with Crippen molar-refractivity contribution in [1.29, 1.82) is 0 Å². The Morgan fingerprint density at radius 3 is 2.53 bits per heavy atom. The van der Waals surface area contributed by atoms with Crippen LogP contribution in [0.1, 0.15) is 45.2 Å². The lowest BCUT2D eigenvalue weighted by Crippen LogP contribution is -2.27. The molecule has 0 radical (unpaired) electrons. The number of halogens is 2. The van der Waals surface area contributed by atoms with Crippen LogP contribution in [-0.2, 0) is 0 Å². The van der Waals surface area contributed by atoms with Gasteiger partial charge in [0.2, 0.25) is 0 Å². The first-order valence-electron chi connectivity index (χ1n) is 6.29. The lowest BCUT2D eigenvalue weighted by Gasteiger charge is -2.26. The van der Waals surface area contributed by atoms with Gasteiger partial charge in [-0.3, -0.25) is 0 Å². The second kappa shape index (κ2) is 7.25. The molecule has 0 heterocycles. The molecule has 0 aliphatic rings. The van der Waals surface area contributed by atoms with Gasteiger partial charge in [0.05, 0.1) is 10.0 Å². The van der Waals surface area contributed by atoms with Crippen LogP contribution in [0, 0.1) is 5.92 Å². The Labute approximate surface area is 115 Å². The average molecular weight is 274 g/mol. The molecule has 0 amide bonds. The summed E-state index contributed by atoms with van der Waals surface area (Å²) in [7, 11) is 0. The minimum atomic E-state index is 0.283. The molecule has 0 fully saturated rings. The number of hydrogen-bond acceptors (Lipinski definition) is 1. The molecule has 0 saturated carbocycles. The van der Waals surface area contributed by atoms with Gasteiger partial charge in [0.1, 0.15) is 0 Å². The van der Waals surface area contributed by atoms with Crippen LogP contribution < -0.4 is 5.32 Å². The third kappa shape index (κ3) is 3.87. The maximum atomic E-state index is 6.30. The minimum absolute atomic E-state index is 0.283. The zero-order chi connectivity index (χ0) is 12.8. The molecule has 96 valence electrons. The molecule has 2 atom stereocenters. The number of nitrogens with one attached hydrogen (secondary N) is 1. The summed E-state index contributed by atoms with van der Waals surface area (Å²) < 4.78 is 0. The van der Waals surface area contributed by atoms with Gasteiger partial charge < -0.3 is 5.32 Å². The Morgan fingerprint density at radius 1 is 1.24 bits per heavy atom. The molecule has 0 aliphatic heterocycles. The highest BCUT2D eigenvalue weighted by atomic mass is 35.5. The summed E-state index contributed by atoms with van der Waals surface area (Å²) in [6, 6.07) is 6.15. The van der Waals surface area contributed by atoms with Gasteiger partial charge in [-0.2, -0.15) is 0 Å². The molecular formula is C14H21Cl2N. The number of benzene rings is 1. The van der Waals surface area contributed by atoms with Crippen molar-refractivity contribution < 1.29 is 0 Å². The predicted octanol–water partition coefficient (Wildman–Crippen LogP) is 5.08. The average Bonchev–Trinajstić information content (AvgIpc) is 2.34. The predicted molar refractivity (Wildman–Crippen MR) is 77.0 cm³/mol. The quantitative estimate of drug-likeness (QED) is 0.762. The Hall–Kier alpha value is -0.240. The Morgan fingerprint density at radius 2 is 1.94 bits per heavy atom. The van der Waals surface area contributed by atoms with Crippen LogP contribution >= 0.6 is 23.2 Å². The third-order valence-corrected chi connectivity index (χ3v) is 3.98. The highest BCUT2D eigenvalue weighted by molar-refractivity contribution is 6.42. The van der Waals surface area contributed by atoms with E-state index in [1.54, 1.807) is 0 Å². The van der Waals surface area contributed by atoms with Gasteiger partial charge in [0, 0.05) is 6.04 Å². The van der Waals surface area contributed by atoms with Gasteiger partial charge in [0.15, 0.2) is 0 Å². The second-order valence-electron chi connectivity index (χ2n) is 4.46. The van der Waals surface area contributed by atoms with Crippen molar-refractivity contribution in [2.75, 3.05) is 6.54 Å². The first-order chi connectivity index (χ1) is 8.11. The lowest BCUT2D eigenvalue weighted by atomic mass is 9.92. The largest absolute Gasteiger partial charge is 0.310 e. The van der Waals surface area contributed by atoms with E-state index in [4.69, 9.17) is 23.2 Å². The monoisotopic (exact) mass is 273 g/mol. The first-order valence-corrected chi connectivity index (χ1v) is 7.04. The first kappa shape index (κ1) is 14.8. The summed E-state index contributed by atoms with van der Waals surface area (Å²) in [6.45, 7) is 7.60. The normalized spacial score (nSPS) is 14.6. The van der Waals surface area contributed by atoms with Crippen molar-refractivity contribution in [1.82, 2.24) is 5.32 Å². The van der Waals surface area contributed by atoms with E-state index in [1.807, 2.05) is 12.1 Å². The smallest absolute Gasteiger partial charge is 0.0640 e. The van der Waals surface area contributed by atoms with Crippen LogP contribution in [0.15, 0.2) is 18.2 Å².